The molecule has 0 unspecified atom stereocenters. The molecule has 0 amide bonds. The van der Waals surface area contributed by atoms with Crippen molar-refractivity contribution >= 4 is 45.1 Å². The molecule has 0 bridgehead atoms. The van der Waals surface area contributed by atoms with Gasteiger partial charge in [-0.05, 0) is 41.5 Å². The van der Waals surface area contributed by atoms with Crippen molar-refractivity contribution in [3.63, 3.8) is 0 Å². The monoisotopic (exact) mass is 431 g/mol. The van der Waals surface area contributed by atoms with E-state index in [2.05, 4.69) is 15.9 Å². The molecule has 0 saturated carbocycles. The molecule has 4 nitrogen and oxygen atoms in total. The van der Waals surface area contributed by atoms with Crippen LogP contribution in [0.15, 0.2) is 40.9 Å². The number of carboxylic acids is 1. The van der Waals surface area contributed by atoms with Gasteiger partial charge in [0.15, 0.2) is 0 Å². The molecule has 0 spiro atoms. The van der Waals surface area contributed by atoms with Gasteiger partial charge < -0.3 is 10.2 Å². The second-order valence-corrected chi connectivity index (χ2v) is 7.07. The minimum atomic E-state index is -0.976. The topological polar surface area (TPSA) is 60.8 Å². The summed E-state index contributed by atoms with van der Waals surface area (Å²) in [6.07, 6.45) is 0. The molecule has 2 aromatic rings. The third-order valence-corrected chi connectivity index (χ3v) is 4.61. The van der Waals surface area contributed by atoms with Gasteiger partial charge in [0.1, 0.15) is 0 Å². The fourth-order valence-electron chi connectivity index (χ4n) is 2.37. The summed E-state index contributed by atoms with van der Waals surface area (Å²) in [5.74, 6) is -0.976. The third-order valence-electron chi connectivity index (χ3n) is 3.42. The molecule has 0 aromatic heterocycles. The summed E-state index contributed by atoms with van der Waals surface area (Å²) in [7, 11) is 0. The number of nitrogens with zero attached hydrogens (tertiary/aromatic N) is 1. The van der Waals surface area contributed by atoms with Gasteiger partial charge in [0.05, 0.1) is 22.2 Å². The zero-order chi connectivity index (χ0) is 17.7. The maximum absolute atomic E-state index is 11.2. The molecule has 2 N–H and O–H groups in total. The number of carboxylic acid groups (broad SMARTS) is 1. The molecule has 2 rings (SSSR count). The van der Waals surface area contributed by atoms with Crippen LogP contribution < -0.4 is 0 Å². The first-order chi connectivity index (χ1) is 11.4. The molecule has 24 heavy (non-hydrogen) atoms. The molecule has 0 aliphatic heterocycles. The van der Waals surface area contributed by atoms with Crippen LogP contribution in [-0.4, -0.2) is 34.2 Å². The highest BCUT2D eigenvalue weighted by molar-refractivity contribution is 9.10. The normalized spacial score (nSPS) is 11.0. The van der Waals surface area contributed by atoms with Gasteiger partial charge in [-0.2, -0.15) is 0 Å². The van der Waals surface area contributed by atoms with E-state index in [1.165, 1.54) is 0 Å². The van der Waals surface area contributed by atoms with Crippen LogP contribution in [0.25, 0.3) is 0 Å². The van der Waals surface area contributed by atoms with E-state index in [0.29, 0.717) is 34.2 Å². The maximum atomic E-state index is 11.2. The van der Waals surface area contributed by atoms with Crippen molar-refractivity contribution in [1.29, 1.82) is 0 Å². The van der Waals surface area contributed by atoms with Gasteiger partial charge in [-0.15, -0.1) is 0 Å². The summed E-state index contributed by atoms with van der Waals surface area (Å²) >= 11 is 15.3. The summed E-state index contributed by atoms with van der Waals surface area (Å²) < 4.78 is 0.705. The zero-order valence-electron chi connectivity index (χ0n) is 12.7. The summed E-state index contributed by atoms with van der Waals surface area (Å²) in [5.41, 5.74) is 2.03. The molecule has 0 saturated heterocycles. The Hall–Kier alpha value is -1.11. The predicted octanol–water partition coefficient (Wildman–Crippen LogP) is 4.45. The zero-order valence-corrected chi connectivity index (χ0v) is 15.8. The van der Waals surface area contributed by atoms with E-state index in [4.69, 9.17) is 28.3 Å². The van der Waals surface area contributed by atoms with E-state index in [1.807, 2.05) is 17.0 Å². The number of aliphatic hydroxyl groups excluding tert-OH is 1. The highest BCUT2D eigenvalue weighted by atomic mass is 79.9. The van der Waals surface area contributed by atoms with Gasteiger partial charge in [-0.3, -0.25) is 4.90 Å². The van der Waals surface area contributed by atoms with Crippen molar-refractivity contribution in [3.8, 4) is 0 Å². The molecular weight excluding hydrogens is 417 g/mol. The van der Waals surface area contributed by atoms with Crippen molar-refractivity contribution < 1.29 is 15.0 Å². The van der Waals surface area contributed by atoms with Gasteiger partial charge in [0.25, 0.3) is 0 Å². The molecule has 0 radical (unpaired) electrons. The lowest BCUT2D eigenvalue weighted by molar-refractivity contribution is 0.0696. The van der Waals surface area contributed by atoms with E-state index >= 15 is 0 Å². The quantitative estimate of drug-likeness (QED) is 0.678. The number of halogens is 3. The van der Waals surface area contributed by atoms with Gasteiger partial charge in [0, 0.05) is 24.1 Å². The van der Waals surface area contributed by atoms with Crippen LogP contribution in [0.1, 0.15) is 21.5 Å². The Morgan fingerprint density at radius 3 is 2.38 bits per heavy atom. The van der Waals surface area contributed by atoms with Gasteiger partial charge in [-0.25, -0.2) is 4.79 Å². The lowest BCUT2D eigenvalue weighted by atomic mass is 10.1. The molecule has 7 heteroatoms. The lowest BCUT2D eigenvalue weighted by Crippen LogP contribution is -2.26. The fourth-order valence-corrected chi connectivity index (χ4v) is 3.24. The third kappa shape index (κ3) is 5.46. The number of aromatic carboxylic acids is 1. The highest BCUT2D eigenvalue weighted by Crippen LogP contribution is 2.24. The number of hydrogen-bond donors (Lipinski definition) is 2. The second-order valence-electron chi connectivity index (χ2n) is 5.34. The van der Waals surface area contributed by atoms with Crippen LogP contribution >= 0.6 is 39.1 Å². The minimum Gasteiger partial charge on any atom is -0.478 e. The van der Waals surface area contributed by atoms with Gasteiger partial charge >= 0.3 is 5.97 Å². The standard InChI is InChI=1S/C17H16BrCl2NO3/c18-14-6-12(5-13(8-14)17(23)24)10-21(3-4-22)9-11-1-2-15(19)16(20)7-11/h1-2,5-8,22H,3-4,9-10H2,(H,23,24). The van der Waals surface area contributed by atoms with Crippen molar-refractivity contribution in [2.75, 3.05) is 13.2 Å². The molecule has 2 aromatic carbocycles. The second kappa shape index (κ2) is 8.83. The Morgan fingerprint density at radius 2 is 1.75 bits per heavy atom. The summed E-state index contributed by atoms with van der Waals surface area (Å²) in [4.78, 5) is 13.2. The molecular formula is C17H16BrCl2NO3. The van der Waals surface area contributed by atoms with Crippen LogP contribution in [0.2, 0.25) is 10.0 Å². The van der Waals surface area contributed by atoms with Gasteiger partial charge in [-0.1, -0.05) is 45.2 Å². The largest absolute Gasteiger partial charge is 0.478 e. The highest BCUT2D eigenvalue weighted by Gasteiger charge is 2.11. The van der Waals surface area contributed by atoms with E-state index in [0.717, 1.165) is 11.1 Å². The Morgan fingerprint density at radius 1 is 1.04 bits per heavy atom. The number of aliphatic hydroxyl groups is 1. The van der Waals surface area contributed by atoms with Crippen LogP contribution in [0.4, 0.5) is 0 Å². The molecule has 0 fully saturated rings. The molecule has 0 atom stereocenters. The smallest absolute Gasteiger partial charge is 0.335 e. The van der Waals surface area contributed by atoms with Crippen LogP contribution in [0, 0.1) is 0 Å². The Balaban J connectivity index is 2.19. The first-order valence-electron chi connectivity index (χ1n) is 7.19. The molecule has 0 aliphatic rings. The lowest BCUT2D eigenvalue weighted by Gasteiger charge is -2.22. The van der Waals surface area contributed by atoms with Crippen molar-refractivity contribution in [1.82, 2.24) is 4.90 Å². The van der Waals surface area contributed by atoms with Crippen LogP contribution in [0.3, 0.4) is 0 Å². The van der Waals surface area contributed by atoms with Crippen molar-refractivity contribution in [2.45, 2.75) is 13.1 Å². The van der Waals surface area contributed by atoms with Crippen molar-refractivity contribution in [3.05, 3.63) is 67.6 Å². The van der Waals surface area contributed by atoms with E-state index < -0.39 is 5.97 Å². The van der Waals surface area contributed by atoms with Gasteiger partial charge in [0.2, 0.25) is 0 Å². The fraction of sp³-hybridized carbons (Fsp3) is 0.235. The van der Waals surface area contributed by atoms with Crippen LogP contribution in [0.5, 0.6) is 0 Å². The average Bonchev–Trinajstić information content (AvgIpc) is 2.50. The number of carbonyl (C=O) groups is 1. The first kappa shape index (κ1) is 19.2. The average molecular weight is 433 g/mol. The maximum Gasteiger partial charge on any atom is 0.335 e. The minimum absolute atomic E-state index is 0.00110. The summed E-state index contributed by atoms with van der Waals surface area (Å²) in [6.45, 7) is 1.52. The van der Waals surface area contributed by atoms with Crippen molar-refractivity contribution in [2.24, 2.45) is 0 Å². The summed E-state index contributed by atoms with van der Waals surface area (Å²) in [6, 6.07) is 10.5. The number of rotatable bonds is 7. The molecule has 128 valence electrons. The first-order valence-corrected chi connectivity index (χ1v) is 8.74. The Kier molecular flexibility index (Phi) is 7.07. The van der Waals surface area contributed by atoms with E-state index in [1.54, 1.807) is 24.3 Å². The van der Waals surface area contributed by atoms with Crippen LogP contribution in [-0.2, 0) is 13.1 Å². The Bertz CT molecular complexity index is 740. The number of hydrogen-bond acceptors (Lipinski definition) is 3. The molecule has 0 heterocycles. The Labute approximate surface area is 158 Å². The van der Waals surface area contributed by atoms with E-state index in [9.17, 15) is 9.90 Å². The SMILES string of the molecule is O=C(O)c1cc(Br)cc(CN(CCO)Cc2ccc(Cl)c(Cl)c2)c1. The predicted molar refractivity (Wildman–Crippen MR) is 98.8 cm³/mol. The number of benzene rings is 2. The summed E-state index contributed by atoms with van der Waals surface area (Å²) in [5, 5.41) is 19.4. The van der Waals surface area contributed by atoms with E-state index in [-0.39, 0.29) is 12.2 Å². The molecule has 0 aliphatic carbocycles.